The first-order valence-corrected chi connectivity index (χ1v) is 2.66. The molecule has 0 amide bonds. The summed E-state index contributed by atoms with van der Waals surface area (Å²) >= 11 is 2.31. The molecule has 0 aromatic rings. The van der Waals surface area contributed by atoms with Crippen molar-refractivity contribution in [1.82, 2.24) is 0 Å². The molecule has 5 nitrogen and oxygen atoms in total. The number of hydrogen-bond acceptors (Lipinski definition) is 3. The van der Waals surface area contributed by atoms with Crippen LogP contribution in [0.15, 0.2) is 0 Å². The van der Waals surface area contributed by atoms with Crippen LogP contribution in [0.4, 0.5) is 0 Å². The van der Waals surface area contributed by atoms with Gasteiger partial charge in [0.05, 0.1) is 0 Å². The van der Waals surface area contributed by atoms with Crippen molar-refractivity contribution >= 4 is 10.4 Å². The molecule has 0 aliphatic carbocycles. The van der Waals surface area contributed by atoms with Gasteiger partial charge in [-0.2, -0.15) is 8.42 Å². The van der Waals surface area contributed by atoms with Crippen LogP contribution in [0, 0.1) is 0 Å². The van der Waals surface area contributed by atoms with Crippen molar-refractivity contribution in [3.8, 4) is 0 Å². The van der Waals surface area contributed by atoms with E-state index < -0.39 is 10.4 Å². The van der Waals surface area contributed by atoms with Crippen molar-refractivity contribution in [2.45, 2.75) is 0 Å². The summed E-state index contributed by atoms with van der Waals surface area (Å²) in [5, 5.41) is 0. The summed E-state index contributed by atoms with van der Waals surface area (Å²) in [4.78, 5) is 0. The maximum absolute atomic E-state index is 8.74. The Bertz CT molecular complexity index is 106. The molecular weight excluding hydrogens is 226 g/mol. The Morgan fingerprint density at radius 3 is 1.12 bits per heavy atom. The fourth-order valence-electron chi connectivity index (χ4n) is 0. The Hall–Kier alpha value is 0.696. The molecule has 8 heteroatoms. The molecular formula is H2CoMnO5S. The fourth-order valence-corrected chi connectivity index (χ4v) is 0. The molecule has 0 aliphatic heterocycles. The van der Waals surface area contributed by atoms with Crippen molar-refractivity contribution in [1.29, 1.82) is 0 Å². The summed E-state index contributed by atoms with van der Waals surface area (Å²) in [5.74, 6) is 0. The molecule has 2 N–H and O–H groups in total. The van der Waals surface area contributed by atoms with Gasteiger partial charge in [-0.1, -0.05) is 0 Å². The standard InChI is InChI=1S/Co.Mn.H2O4S.O/c;;1-5(2,3)4;/h;;(H2,1,2,3,4);. The Kier molecular flexibility index (Phi) is 15.3. The Labute approximate surface area is 64.7 Å². The third-order valence-electron chi connectivity index (χ3n) is 0. The second-order valence-corrected chi connectivity index (χ2v) is 1.34. The van der Waals surface area contributed by atoms with Gasteiger partial charge in [-0.05, 0) is 0 Å². The molecule has 0 atom stereocenters. The second kappa shape index (κ2) is 7.70. The van der Waals surface area contributed by atoms with Gasteiger partial charge >= 0.3 is 29.9 Å². The van der Waals surface area contributed by atoms with Gasteiger partial charge in [-0.3, -0.25) is 9.11 Å². The first kappa shape index (κ1) is 15.9. The summed E-state index contributed by atoms with van der Waals surface area (Å²) in [7, 11) is -4.67. The van der Waals surface area contributed by atoms with Crippen molar-refractivity contribution in [2.24, 2.45) is 0 Å². The van der Waals surface area contributed by atoms with Crippen LogP contribution in [0.2, 0.25) is 0 Å². The molecule has 8 heavy (non-hydrogen) atoms. The van der Waals surface area contributed by atoms with E-state index in [1.54, 1.807) is 0 Å². The number of hydrogen-bond donors (Lipinski definition) is 2. The minimum atomic E-state index is -4.67. The molecule has 0 rings (SSSR count). The van der Waals surface area contributed by atoms with E-state index in [1.807, 2.05) is 0 Å². The van der Waals surface area contributed by atoms with Gasteiger partial charge < -0.3 is 0 Å². The summed E-state index contributed by atoms with van der Waals surface area (Å²) in [6.07, 6.45) is 0. The van der Waals surface area contributed by atoms with Crippen LogP contribution in [-0.2, 0) is 47.0 Å². The third-order valence-corrected chi connectivity index (χ3v) is 0. The summed E-state index contributed by atoms with van der Waals surface area (Å²) < 4.78 is 39.5. The Morgan fingerprint density at radius 1 is 1.12 bits per heavy atom. The van der Waals surface area contributed by atoms with Crippen molar-refractivity contribution < 1.29 is 54.1 Å². The predicted octanol–water partition coefficient (Wildman–Crippen LogP) is -0.777. The van der Waals surface area contributed by atoms with E-state index in [9.17, 15) is 0 Å². The molecule has 0 aromatic heterocycles. The van der Waals surface area contributed by atoms with Gasteiger partial charge in [0.2, 0.25) is 0 Å². The van der Waals surface area contributed by atoms with Crippen molar-refractivity contribution in [3.63, 3.8) is 0 Å². The van der Waals surface area contributed by atoms with E-state index >= 15 is 0 Å². The van der Waals surface area contributed by atoms with Crippen LogP contribution >= 0.6 is 0 Å². The molecule has 1 radical (unpaired) electrons. The SMILES string of the molecule is O=S(=O)(O)O.[Mn].[O]=[Co]. The first-order chi connectivity index (χ1) is 3.00. The molecule has 0 saturated carbocycles. The van der Waals surface area contributed by atoms with Gasteiger partial charge in [0, 0.05) is 17.1 Å². The molecule has 0 saturated heterocycles. The van der Waals surface area contributed by atoms with Crippen LogP contribution in [0.3, 0.4) is 0 Å². The fraction of sp³-hybridized carbons (Fsp3) is 0. The second-order valence-electron chi connectivity index (χ2n) is 0.448. The zero-order chi connectivity index (χ0) is 6.50. The molecule has 0 fully saturated rings. The molecule has 0 aromatic carbocycles. The average Bonchev–Trinajstić information content (AvgIpc) is 1.36. The normalized spacial score (nSPS) is 7.88. The minimum absolute atomic E-state index is 0. The summed E-state index contributed by atoms with van der Waals surface area (Å²) in [5.41, 5.74) is 0. The van der Waals surface area contributed by atoms with Gasteiger partial charge in [0.25, 0.3) is 0 Å². The first-order valence-electron chi connectivity index (χ1n) is 0.835. The van der Waals surface area contributed by atoms with Gasteiger partial charge in [-0.25, -0.2) is 0 Å². The molecule has 54 valence electrons. The molecule has 0 spiro atoms. The zero-order valence-corrected chi connectivity index (χ0v) is 6.28. The molecule has 0 bridgehead atoms. The zero-order valence-electron chi connectivity index (χ0n) is 3.24. The summed E-state index contributed by atoms with van der Waals surface area (Å²) in [6.45, 7) is 0. The van der Waals surface area contributed by atoms with E-state index in [0.29, 0.717) is 0 Å². The van der Waals surface area contributed by atoms with Crippen LogP contribution in [-0.4, -0.2) is 17.5 Å². The number of rotatable bonds is 0. The van der Waals surface area contributed by atoms with E-state index in [0.717, 1.165) is 0 Å². The van der Waals surface area contributed by atoms with Crippen LogP contribution in [0.1, 0.15) is 0 Å². The average molecular weight is 228 g/mol. The predicted molar refractivity (Wildman–Crippen MR) is 14.9 cm³/mol. The van der Waals surface area contributed by atoms with Gasteiger partial charge in [0.15, 0.2) is 0 Å². The van der Waals surface area contributed by atoms with Gasteiger partial charge in [0.1, 0.15) is 0 Å². The van der Waals surface area contributed by atoms with E-state index in [-0.39, 0.29) is 17.1 Å². The van der Waals surface area contributed by atoms with Crippen molar-refractivity contribution in [3.05, 3.63) is 0 Å². The topological polar surface area (TPSA) is 91.7 Å². The van der Waals surface area contributed by atoms with E-state index in [1.165, 1.54) is 0 Å². The van der Waals surface area contributed by atoms with Crippen LogP contribution < -0.4 is 0 Å². The molecule has 0 unspecified atom stereocenters. The summed E-state index contributed by atoms with van der Waals surface area (Å²) in [6, 6.07) is 0. The Balaban J connectivity index is -0.0000000750. The van der Waals surface area contributed by atoms with Crippen LogP contribution in [0.5, 0.6) is 0 Å². The monoisotopic (exact) mass is 228 g/mol. The van der Waals surface area contributed by atoms with Gasteiger partial charge in [-0.15, -0.1) is 0 Å². The Morgan fingerprint density at radius 2 is 1.12 bits per heavy atom. The third kappa shape index (κ3) is 449. The van der Waals surface area contributed by atoms with E-state index in [4.69, 9.17) is 21.4 Å². The van der Waals surface area contributed by atoms with Crippen molar-refractivity contribution in [2.75, 3.05) is 0 Å². The molecule has 0 aliphatic rings. The van der Waals surface area contributed by atoms with Crippen LogP contribution in [0.25, 0.3) is 0 Å². The maximum atomic E-state index is 8.74. The molecule has 0 heterocycles. The van der Waals surface area contributed by atoms with E-state index in [2.05, 4.69) is 15.7 Å². The quantitative estimate of drug-likeness (QED) is 0.419.